The fourth-order valence-electron chi connectivity index (χ4n) is 4.62. The lowest BCUT2D eigenvalue weighted by Gasteiger charge is -2.35. The summed E-state index contributed by atoms with van der Waals surface area (Å²) < 4.78 is 28.5. The van der Waals surface area contributed by atoms with Crippen molar-refractivity contribution in [2.45, 2.75) is 38.6 Å². The molecule has 1 aliphatic rings. The van der Waals surface area contributed by atoms with Gasteiger partial charge in [0.15, 0.2) is 0 Å². The number of carbonyl (C=O) groups excluding carboxylic acids is 1. The summed E-state index contributed by atoms with van der Waals surface area (Å²) in [7, 11) is -3.87. The highest BCUT2D eigenvalue weighted by molar-refractivity contribution is 7.92. The molecule has 1 aromatic heterocycles. The summed E-state index contributed by atoms with van der Waals surface area (Å²) in [5, 5.41) is 13.2. The van der Waals surface area contributed by atoms with Crippen LogP contribution in [0.15, 0.2) is 47.4 Å². The molecular weight excluding hydrogens is 506 g/mol. The summed E-state index contributed by atoms with van der Waals surface area (Å²) in [6.07, 6.45) is 0. The molecule has 1 amide bonds. The number of hydrogen-bond donors (Lipinski definition) is 3. The third-order valence-corrected chi connectivity index (χ3v) is 7.66. The Morgan fingerprint density at radius 3 is 2.26 bits per heavy atom. The first kappa shape index (κ1) is 27.3. The molecule has 0 saturated carbocycles. The number of carboxylic acids is 1. The van der Waals surface area contributed by atoms with E-state index in [1.54, 1.807) is 24.3 Å². The summed E-state index contributed by atoms with van der Waals surface area (Å²) in [6.45, 7) is 10.3. The number of aromatic nitrogens is 1. The van der Waals surface area contributed by atoms with E-state index in [-0.39, 0.29) is 28.1 Å². The largest absolute Gasteiger partial charge is 0.478 e. The fraction of sp³-hybridized carbons (Fsp3) is 0.370. The van der Waals surface area contributed by atoms with Gasteiger partial charge >= 0.3 is 5.97 Å². The molecule has 38 heavy (non-hydrogen) atoms. The van der Waals surface area contributed by atoms with Gasteiger partial charge in [-0.3, -0.25) is 14.4 Å². The Kier molecular flexibility index (Phi) is 7.89. The first-order valence-electron chi connectivity index (χ1n) is 12.5. The second-order valence-electron chi connectivity index (χ2n) is 9.98. The third kappa shape index (κ3) is 6.40. The van der Waals surface area contributed by atoms with Gasteiger partial charge in [0.05, 0.1) is 22.5 Å². The Morgan fingerprint density at radius 1 is 1.00 bits per heavy atom. The van der Waals surface area contributed by atoms with Crippen LogP contribution in [-0.4, -0.2) is 74.1 Å². The smallest absolute Gasteiger partial charge is 0.336 e. The van der Waals surface area contributed by atoms with Crippen LogP contribution in [0.25, 0.3) is 10.9 Å². The fourth-order valence-corrected chi connectivity index (χ4v) is 5.86. The van der Waals surface area contributed by atoms with Crippen molar-refractivity contribution in [1.82, 2.24) is 15.2 Å². The highest BCUT2D eigenvalue weighted by Gasteiger charge is 2.23. The highest BCUT2D eigenvalue weighted by Crippen LogP contribution is 2.28. The summed E-state index contributed by atoms with van der Waals surface area (Å²) in [5.74, 6) is -0.615. The number of aryl methyl sites for hydroxylation is 2. The van der Waals surface area contributed by atoms with Crippen molar-refractivity contribution in [3.05, 3.63) is 59.2 Å². The van der Waals surface area contributed by atoms with E-state index in [9.17, 15) is 23.1 Å². The summed E-state index contributed by atoms with van der Waals surface area (Å²) in [6, 6.07) is 11.4. The maximum atomic E-state index is 13.0. The zero-order valence-corrected chi connectivity index (χ0v) is 22.8. The van der Waals surface area contributed by atoms with Crippen LogP contribution in [0.4, 0.5) is 11.5 Å². The second-order valence-corrected chi connectivity index (χ2v) is 11.7. The van der Waals surface area contributed by atoms with Crippen molar-refractivity contribution < 1.29 is 23.1 Å². The van der Waals surface area contributed by atoms with Crippen molar-refractivity contribution in [3.8, 4) is 0 Å². The van der Waals surface area contributed by atoms with E-state index in [4.69, 9.17) is 0 Å². The molecule has 202 valence electrons. The molecule has 3 N–H and O–H groups in total. The second kappa shape index (κ2) is 11.0. The number of rotatable bonds is 8. The van der Waals surface area contributed by atoms with E-state index in [2.05, 4.69) is 19.9 Å². The monoisotopic (exact) mass is 539 g/mol. The molecule has 0 radical (unpaired) electrons. The minimum absolute atomic E-state index is 0.0191. The van der Waals surface area contributed by atoms with Crippen LogP contribution < -0.4 is 14.9 Å². The van der Waals surface area contributed by atoms with Crippen LogP contribution in [-0.2, 0) is 14.8 Å². The molecule has 1 saturated heterocycles. The predicted octanol–water partition coefficient (Wildman–Crippen LogP) is 3.00. The zero-order chi connectivity index (χ0) is 27.6. The van der Waals surface area contributed by atoms with Crippen molar-refractivity contribution >= 4 is 44.3 Å². The maximum Gasteiger partial charge on any atom is 0.336 e. The van der Waals surface area contributed by atoms with Gasteiger partial charge in [0, 0.05) is 43.3 Å². The van der Waals surface area contributed by atoms with Gasteiger partial charge in [-0.25, -0.2) is 18.2 Å². The number of benzene rings is 2. The van der Waals surface area contributed by atoms with Crippen molar-refractivity contribution in [1.29, 1.82) is 0 Å². The molecule has 1 fully saturated rings. The number of fused-ring (bicyclic) bond motifs is 1. The Hall–Kier alpha value is -3.70. The molecule has 3 aromatic rings. The lowest BCUT2D eigenvalue weighted by molar-refractivity contribution is -0.122. The van der Waals surface area contributed by atoms with E-state index in [0.29, 0.717) is 49.4 Å². The van der Waals surface area contributed by atoms with Gasteiger partial charge in [0.25, 0.3) is 10.0 Å². The van der Waals surface area contributed by atoms with Gasteiger partial charge in [-0.15, -0.1) is 0 Å². The molecule has 2 heterocycles. The standard InChI is InChI=1S/C27H33N5O5S/c1-17(2)28-26(33)16-31-7-9-32(10-8-31)25-15-23(27(34)35)22-14-20(5-6-24(22)29-25)30-38(36,37)21-12-18(3)11-19(4)13-21/h5-6,11-15,17,30H,7-10,16H2,1-4H3,(H,28,33)(H,34,35). The molecule has 2 aromatic carbocycles. The first-order valence-corrected chi connectivity index (χ1v) is 14.0. The minimum Gasteiger partial charge on any atom is -0.478 e. The molecule has 11 heteroatoms. The molecule has 0 spiro atoms. The van der Waals surface area contributed by atoms with Crippen LogP contribution in [0.5, 0.6) is 0 Å². The predicted molar refractivity (Wildman–Crippen MR) is 147 cm³/mol. The minimum atomic E-state index is -3.87. The van der Waals surface area contributed by atoms with E-state index < -0.39 is 16.0 Å². The molecule has 0 bridgehead atoms. The summed E-state index contributed by atoms with van der Waals surface area (Å²) in [4.78, 5) is 33.1. The number of amides is 1. The Labute approximate surface area is 222 Å². The van der Waals surface area contributed by atoms with Crippen LogP contribution in [0.1, 0.15) is 35.3 Å². The van der Waals surface area contributed by atoms with Gasteiger partial charge in [-0.1, -0.05) is 6.07 Å². The topological polar surface area (TPSA) is 132 Å². The molecule has 0 aliphatic carbocycles. The number of carbonyl (C=O) groups is 2. The number of pyridine rings is 1. The Balaban J connectivity index is 1.55. The molecule has 4 rings (SSSR count). The Bertz CT molecular complexity index is 1460. The number of anilines is 2. The number of carboxylic acid groups (broad SMARTS) is 1. The maximum absolute atomic E-state index is 13.0. The van der Waals surface area contributed by atoms with E-state index in [1.165, 1.54) is 12.1 Å². The zero-order valence-electron chi connectivity index (χ0n) is 22.0. The normalized spacial score (nSPS) is 14.6. The van der Waals surface area contributed by atoms with Crippen molar-refractivity contribution in [2.24, 2.45) is 0 Å². The highest BCUT2D eigenvalue weighted by atomic mass is 32.2. The molecule has 10 nitrogen and oxygen atoms in total. The summed E-state index contributed by atoms with van der Waals surface area (Å²) in [5.41, 5.74) is 2.40. The lowest BCUT2D eigenvalue weighted by Crippen LogP contribution is -2.50. The number of nitrogens with zero attached hydrogens (tertiary/aromatic N) is 3. The van der Waals surface area contributed by atoms with Crippen LogP contribution in [0.3, 0.4) is 0 Å². The van der Waals surface area contributed by atoms with Crippen molar-refractivity contribution in [3.63, 3.8) is 0 Å². The van der Waals surface area contributed by atoms with Gasteiger partial charge in [0.2, 0.25) is 5.91 Å². The van der Waals surface area contributed by atoms with Crippen LogP contribution in [0, 0.1) is 13.8 Å². The average molecular weight is 540 g/mol. The number of aromatic carboxylic acids is 1. The third-order valence-electron chi connectivity index (χ3n) is 6.30. The van der Waals surface area contributed by atoms with Gasteiger partial charge < -0.3 is 15.3 Å². The van der Waals surface area contributed by atoms with Crippen LogP contribution in [0.2, 0.25) is 0 Å². The van der Waals surface area contributed by atoms with Crippen molar-refractivity contribution in [2.75, 3.05) is 42.3 Å². The molecule has 1 aliphatic heterocycles. The van der Waals surface area contributed by atoms with Gasteiger partial charge in [-0.2, -0.15) is 0 Å². The van der Waals surface area contributed by atoms with E-state index in [0.717, 1.165) is 11.1 Å². The summed E-state index contributed by atoms with van der Waals surface area (Å²) >= 11 is 0. The lowest BCUT2D eigenvalue weighted by atomic mass is 10.1. The van der Waals surface area contributed by atoms with E-state index in [1.807, 2.05) is 38.7 Å². The van der Waals surface area contributed by atoms with E-state index >= 15 is 0 Å². The SMILES string of the molecule is Cc1cc(C)cc(S(=O)(=O)Nc2ccc3nc(N4CCN(CC(=O)NC(C)C)CC4)cc(C(=O)O)c3c2)c1. The molecule has 0 unspecified atom stereocenters. The quantitative estimate of drug-likeness (QED) is 0.398. The van der Waals surface area contributed by atoms with Crippen LogP contribution >= 0.6 is 0 Å². The van der Waals surface area contributed by atoms with Gasteiger partial charge in [-0.05, 0) is 75.2 Å². The van der Waals surface area contributed by atoms with Gasteiger partial charge in [0.1, 0.15) is 5.82 Å². The molecule has 0 atom stereocenters. The number of nitrogens with one attached hydrogen (secondary N) is 2. The number of hydrogen-bond acceptors (Lipinski definition) is 7. The number of sulfonamides is 1. The first-order chi connectivity index (χ1) is 17.9. The molecular formula is C27H33N5O5S. The Morgan fingerprint density at radius 2 is 1.66 bits per heavy atom. The number of piperazine rings is 1. The average Bonchev–Trinajstić information content (AvgIpc) is 2.82.